The van der Waals surface area contributed by atoms with E-state index in [9.17, 15) is 25.2 Å². The fourth-order valence-corrected chi connectivity index (χ4v) is 7.67. The highest BCUT2D eigenvalue weighted by Gasteiger charge is 2.28. The standard InChI is InChI=1S/C53H99NO5/c1-3-5-7-9-11-13-15-16-17-18-19-20-21-22-23-24-25-26-27-28-29-30-31-32-33-34-35-37-39-41-43-45-47-51(57)53(59)54-49(48-55)52(58)50(56)46-44-42-40-38-36-14-12-10-8-6-4-2/h10,12,19-20,22-23,38,40,49-52,55-58H,3-9,11,13-18,21,24-37,39,41-48H2,1-2H3,(H,54,59)/b12-10+,20-19-,23-22-,40-38+. The van der Waals surface area contributed by atoms with Gasteiger partial charge in [-0.2, -0.15) is 0 Å². The lowest BCUT2D eigenvalue weighted by Gasteiger charge is -2.27. The Bertz CT molecular complexity index is 977. The first-order valence-electron chi connectivity index (χ1n) is 25.5. The highest BCUT2D eigenvalue weighted by molar-refractivity contribution is 5.80. The molecule has 0 saturated heterocycles. The Kier molecular flexibility index (Phi) is 45.9. The first-order chi connectivity index (χ1) is 29.0. The number of hydrogen-bond donors (Lipinski definition) is 5. The van der Waals surface area contributed by atoms with Crippen LogP contribution in [0.4, 0.5) is 0 Å². The lowest BCUT2D eigenvalue weighted by Crippen LogP contribution is -2.53. The minimum absolute atomic E-state index is 0.360. The zero-order valence-electron chi connectivity index (χ0n) is 39.0. The Hall–Kier alpha value is -1.73. The molecule has 0 aromatic carbocycles. The number of aliphatic hydroxyl groups excluding tert-OH is 4. The van der Waals surface area contributed by atoms with Gasteiger partial charge in [-0.25, -0.2) is 0 Å². The summed E-state index contributed by atoms with van der Waals surface area (Å²) in [5.41, 5.74) is 0. The second-order valence-corrected chi connectivity index (χ2v) is 17.5. The zero-order chi connectivity index (χ0) is 43.1. The largest absolute Gasteiger partial charge is 0.394 e. The van der Waals surface area contributed by atoms with E-state index in [-0.39, 0.29) is 0 Å². The van der Waals surface area contributed by atoms with Crippen LogP contribution in [0.2, 0.25) is 0 Å². The molecular formula is C53H99NO5. The van der Waals surface area contributed by atoms with E-state index < -0.39 is 36.9 Å². The monoisotopic (exact) mass is 830 g/mol. The summed E-state index contributed by atoms with van der Waals surface area (Å²) in [7, 11) is 0. The van der Waals surface area contributed by atoms with Gasteiger partial charge in [-0.15, -0.1) is 0 Å². The molecule has 0 aliphatic heterocycles. The molecule has 0 spiro atoms. The van der Waals surface area contributed by atoms with Gasteiger partial charge < -0.3 is 25.7 Å². The number of unbranched alkanes of at least 4 members (excludes halogenated alkanes) is 29. The smallest absolute Gasteiger partial charge is 0.249 e. The summed E-state index contributed by atoms with van der Waals surface area (Å²) in [6.07, 6.45) is 59.0. The van der Waals surface area contributed by atoms with Gasteiger partial charge in [0.1, 0.15) is 12.2 Å². The number of amides is 1. The molecule has 59 heavy (non-hydrogen) atoms. The van der Waals surface area contributed by atoms with Gasteiger partial charge in [0.25, 0.3) is 0 Å². The number of carbonyl (C=O) groups excluding carboxylic acids is 1. The van der Waals surface area contributed by atoms with E-state index in [1.807, 2.05) is 0 Å². The number of carbonyl (C=O) groups is 1. The molecule has 1 amide bonds. The van der Waals surface area contributed by atoms with Crippen molar-refractivity contribution in [3.05, 3.63) is 48.6 Å². The Balaban J connectivity index is 3.60. The van der Waals surface area contributed by atoms with Gasteiger partial charge in [0, 0.05) is 0 Å². The lowest BCUT2D eigenvalue weighted by atomic mass is 10.00. The fraction of sp³-hybridized carbons (Fsp3) is 0.830. The van der Waals surface area contributed by atoms with E-state index >= 15 is 0 Å². The summed E-state index contributed by atoms with van der Waals surface area (Å²) >= 11 is 0. The predicted molar refractivity (Wildman–Crippen MR) is 256 cm³/mol. The van der Waals surface area contributed by atoms with E-state index in [1.165, 1.54) is 167 Å². The summed E-state index contributed by atoms with van der Waals surface area (Å²) < 4.78 is 0. The molecular weight excluding hydrogens is 731 g/mol. The van der Waals surface area contributed by atoms with Crippen LogP contribution in [0.1, 0.15) is 251 Å². The number of hydrogen-bond acceptors (Lipinski definition) is 5. The van der Waals surface area contributed by atoms with Crippen molar-refractivity contribution >= 4 is 5.91 Å². The molecule has 0 saturated carbocycles. The van der Waals surface area contributed by atoms with Crippen molar-refractivity contribution in [2.75, 3.05) is 6.61 Å². The lowest BCUT2D eigenvalue weighted by molar-refractivity contribution is -0.132. The molecule has 0 aromatic heterocycles. The van der Waals surface area contributed by atoms with Gasteiger partial charge in [0.05, 0.1) is 18.8 Å². The molecule has 0 radical (unpaired) electrons. The molecule has 6 nitrogen and oxygen atoms in total. The normalized spacial score (nSPS) is 14.3. The average molecular weight is 830 g/mol. The maximum atomic E-state index is 12.5. The Morgan fingerprint density at radius 2 is 0.780 bits per heavy atom. The third kappa shape index (κ3) is 41.4. The number of nitrogens with one attached hydrogen (secondary N) is 1. The third-order valence-corrected chi connectivity index (χ3v) is 11.7. The van der Waals surface area contributed by atoms with Crippen molar-refractivity contribution in [3.8, 4) is 0 Å². The molecule has 6 heteroatoms. The van der Waals surface area contributed by atoms with E-state index in [2.05, 4.69) is 67.8 Å². The second kappa shape index (κ2) is 47.3. The van der Waals surface area contributed by atoms with E-state index in [0.717, 1.165) is 51.4 Å². The van der Waals surface area contributed by atoms with Crippen LogP contribution in [0.5, 0.6) is 0 Å². The van der Waals surface area contributed by atoms with Crippen LogP contribution in [-0.2, 0) is 4.79 Å². The van der Waals surface area contributed by atoms with Gasteiger partial charge in [-0.05, 0) is 77.0 Å². The van der Waals surface area contributed by atoms with Crippen molar-refractivity contribution < 1.29 is 25.2 Å². The Morgan fingerprint density at radius 1 is 0.424 bits per heavy atom. The highest BCUT2D eigenvalue weighted by atomic mass is 16.3. The molecule has 0 bridgehead atoms. The summed E-state index contributed by atoms with van der Waals surface area (Å²) in [4.78, 5) is 12.5. The quantitative estimate of drug-likeness (QED) is 0.0310. The molecule has 4 atom stereocenters. The van der Waals surface area contributed by atoms with Crippen molar-refractivity contribution in [2.24, 2.45) is 0 Å². The summed E-state index contributed by atoms with van der Waals surface area (Å²) in [6, 6.07) is -1.01. The van der Waals surface area contributed by atoms with Crippen LogP contribution < -0.4 is 5.32 Å². The Labute approximate surface area is 366 Å². The molecule has 0 aliphatic carbocycles. The maximum absolute atomic E-state index is 12.5. The molecule has 0 heterocycles. The molecule has 0 aromatic rings. The Morgan fingerprint density at radius 3 is 1.22 bits per heavy atom. The third-order valence-electron chi connectivity index (χ3n) is 11.7. The number of allylic oxidation sites excluding steroid dienone is 8. The zero-order valence-corrected chi connectivity index (χ0v) is 39.0. The first-order valence-corrected chi connectivity index (χ1v) is 25.5. The maximum Gasteiger partial charge on any atom is 0.249 e. The van der Waals surface area contributed by atoms with Crippen LogP contribution in [-0.4, -0.2) is 57.3 Å². The van der Waals surface area contributed by atoms with Crippen LogP contribution in [0.3, 0.4) is 0 Å². The molecule has 0 fully saturated rings. The first kappa shape index (κ1) is 57.3. The molecule has 0 aliphatic rings. The van der Waals surface area contributed by atoms with Gasteiger partial charge in [-0.3, -0.25) is 4.79 Å². The van der Waals surface area contributed by atoms with E-state index in [1.54, 1.807) is 0 Å². The summed E-state index contributed by atoms with van der Waals surface area (Å²) in [5.74, 6) is -0.599. The SMILES string of the molecule is CCCC/C=C/CC/C=C/CCCC(O)C(O)C(CO)NC(=O)C(O)CCCCCCCCCCCCCCCCCC/C=C\C/C=C\CCCCCCCCCCC. The van der Waals surface area contributed by atoms with Crippen molar-refractivity contribution in [3.63, 3.8) is 0 Å². The molecule has 4 unspecified atom stereocenters. The fourth-order valence-electron chi connectivity index (χ4n) is 7.67. The highest BCUT2D eigenvalue weighted by Crippen LogP contribution is 2.16. The van der Waals surface area contributed by atoms with Gasteiger partial charge >= 0.3 is 0 Å². The van der Waals surface area contributed by atoms with Crippen LogP contribution >= 0.6 is 0 Å². The topological polar surface area (TPSA) is 110 Å². The molecule has 346 valence electrons. The van der Waals surface area contributed by atoms with Crippen molar-refractivity contribution in [2.45, 2.75) is 276 Å². The second-order valence-electron chi connectivity index (χ2n) is 17.5. The molecule has 5 N–H and O–H groups in total. The van der Waals surface area contributed by atoms with Crippen LogP contribution in [0, 0.1) is 0 Å². The number of aliphatic hydroxyl groups is 4. The van der Waals surface area contributed by atoms with Gasteiger partial charge in [0.2, 0.25) is 5.91 Å². The van der Waals surface area contributed by atoms with Crippen LogP contribution in [0.15, 0.2) is 48.6 Å². The van der Waals surface area contributed by atoms with Crippen molar-refractivity contribution in [1.82, 2.24) is 5.32 Å². The van der Waals surface area contributed by atoms with Crippen molar-refractivity contribution in [1.29, 1.82) is 0 Å². The van der Waals surface area contributed by atoms with Gasteiger partial charge in [-0.1, -0.05) is 223 Å². The van der Waals surface area contributed by atoms with Crippen LogP contribution in [0.25, 0.3) is 0 Å². The summed E-state index contributed by atoms with van der Waals surface area (Å²) in [5, 5.41) is 43.6. The minimum atomic E-state index is -1.29. The summed E-state index contributed by atoms with van der Waals surface area (Å²) in [6.45, 7) is 3.98. The number of rotatable bonds is 46. The predicted octanol–water partition coefficient (Wildman–Crippen LogP) is 14.2. The van der Waals surface area contributed by atoms with Gasteiger partial charge in [0.15, 0.2) is 0 Å². The molecule has 0 rings (SSSR count). The van der Waals surface area contributed by atoms with E-state index in [0.29, 0.717) is 19.3 Å². The minimum Gasteiger partial charge on any atom is -0.394 e. The average Bonchev–Trinajstić information content (AvgIpc) is 3.24. The van der Waals surface area contributed by atoms with E-state index in [4.69, 9.17) is 0 Å².